The molecule has 0 spiro atoms. The monoisotopic (exact) mass is 369 g/mol. The highest BCUT2D eigenvalue weighted by atomic mass is 16.5. The fraction of sp³-hybridized carbons (Fsp3) is 0.130. The first kappa shape index (κ1) is 16.6. The normalized spacial score (nSPS) is 11.3. The van der Waals surface area contributed by atoms with Crippen LogP contribution >= 0.6 is 0 Å². The second kappa shape index (κ2) is 6.85. The predicted octanol–water partition coefficient (Wildman–Crippen LogP) is 5.63. The summed E-state index contributed by atoms with van der Waals surface area (Å²) in [6, 6.07) is 20.4. The zero-order valence-corrected chi connectivity index (χ0v) is 15.5. The maximum absolute atomic E-state index is 5.96. The van der Waals surface area contributed by atoms with Gasteiger partial charge in [0.2, 0.25) is 11.7 Å². The Labute approximate surface area is 162 Å². The van der Waals surface area contributed by atoms with Crippen molar-refractivity contribution in [1.29, 1.82) is 0 Å². The molecular formula is C23H19N3O2. The van der Waals surface area contributed by atoms with Crippen molar-refractivity contribution in [3.63, 3.8) is 0 Å². The first-order chi connectivity index (χ1) is 13.8. The molecule has 0 radical (unpaired) electrons. The van der Waals surface area contributed by atoms with Crippen molar-refractivity contribution in [3.05, 3.63) is 83.9 Å². The molecule has 0 saturated heterocycles. The third-order valence-corrected chi connectivity index (χ3v) is 4.96. The number of hydrogen-bond donors (Lipinski definition) is 1. The number of rotatable bonds is 5. The van der Waals surface area contributed by atoms with Gasteiger partial charge in [-0.3, -0.25) is 0 Å². The van der Waals surface area contributed by atoms with Gasteiger partial charge in [-0.25, -0.2) is 0 Å². The molecule has 0 unspecified atom stereocenters. The lowest BCUT2D eigenvalue weighted by molar-refractivity contribution is 0.384. The number of para-hydroxylation sites is 1. The summed E-state index contributed by atoms with van der Waals surface area (Å²) >= 11 is 0. The van der Waals surface area contributed by atoms with E-state index >= 15 is 0 Å². The molecule has 5 rings (SSSR count). The molecule has 0 atom stereocenters. The molecule has 0 bridgehead atoms. The van der Waals surface area contributed by atoms with E-state index in [1.807, 2.05) is 30.5 Å². The number of hydrogen-bond acceptors (Lipinski definition) is 4. The van der Waals surface area contributed by atoms with Gasteiger partial charge in [0.1, 0.15) is 5.76 Å². The van der Waals surface area contributed by atoms with Crippen LogP contribution in [-0.2, 0) is 12.8 Å². The number of furan rings is 1. The van der Waals surface area contributed by atoms with Crippen LogP contribution in [0, 0.1) is 0 Å². The Morgan fingerprint density at radius 2 is 1.75 bits per heavy atom. The fourth-order valence-electron chi connectivity index (χ4n) is 3.39. The molecule has 0 saturated carbocycles. The molecule has 3 aromatic heterocycles. The number of fused-ring (bicyclic) bond motifs is 1. The van der Waals surface area contributed by atoms with Crippen LogP contribution in [0.1, 0.15) is 23.9 Å². The summed E-state index contributed by atoms with van der Waals surface area (Å²) in [7, 11) is 0. The number of H-pyrrole nitrogens is 1. The van der Waals surface area contributed by atoms with Gasteiger partial charge >= 0.3 is 0 Å². The molecule has 138 valence electrons. The third-order valence-electron chi connectivity index (χ3n) is 4.96. The van der Waals surface area contributed by atoms with Crippen LogP contribution in [-0.4, -0.2) is 15.1 Å². The number of aromatic amines is 1. The lowest BCUT2D eigenvalue weighted by atomic mass is 10.1. The zero-order chi connectivity index (χ0) is 18.9. The highest BCUT2D eigenvalue weighted by Crippen LogP contribution is 2.28. The smallest absolute Gasteiger partial charge is 0.238 e. The van der Waals surface area contributed by atoms with E-state index in [2.05, 4.69) is 58.4 Å². The standard InChI is InChI=1S/C23H19N3O2/c1-2-15-7-9-16(10-8-15)20-11-12-21(27-20)23-25-22(28-26-23)13-17-14-24-19-6-4-3-5-18(17)19/h3-12,14,24H,2,13H2,1H3. The Kier molecular flexibility index (Phi) is 4.05. The lowest BCUT2D eigenvalue weighted by Crippen LogP contribution is -1.87. The van der Waals surface area contributed by atoms with Crippen molar-refractivity contribution in [2.75, 3.05) is 0 Å². The molecule has 1 N–H and O–H groups in total. The molecule has 28 heavy (non-hydrogen) atoms. The van der Waals surface area contributed by atoms with Crippen molar-refractivity contribution in [2.45, 2.75) is 19.8 Å². The first-order valence-electron chi connectivity index (χ1n) is 9.37. The Hall–Kier alpha value is -3.60. The van der Waals surface area contributed by atoms with Crippen LogP contribution < -0.4 is 0 Å². The number of benzene rings is 2. The molecule has 0 aliphatic heterocycles. The minimum absolute atomic E-state index is 0.464. The maximum atomic E-state index is 5.96. The van der Waals surface area contributed by atoms with Gasteiger partial charge in [0, 0.05) is 22.7 Å². The first-order valence-corrected chi connectivity index (χ1v) is 9.37. The second-order valence-electron chi connectivity index (χ2n) is 6.76. The molecule has 0 fully saturated rings. The Balaban J connectivity index is 1.38. The van der Waals surface area contributed by atoms with E-state index in [0.717, 1.165) is 34.2 Å². The quantitative estimate of drug-likeness (QED) is 0.436. The highest BCUT2D eigenvalue weighted by molar-refractivity contribution is 5.83. The number of nitrogens with zero attached hydrogens (tertiary/aromatic N) is 2. The molecule has 0 aliphatic rings. The van der Waals surface area contributed by atoms with E-state index in [9.17, 15) is 0 Å². The van der Waals surface area contributed by atoms with Crippen molar-refractivity contribution in [2.24, 2.45) is 0 Å². The van der Waals surface area contributed by atoms with Gasteiger partial charge in [-0.15, -0.1) is 0 Å². The molecule has 5 nitrogen and oxygen atoms in total. The molecule has 3 heterocycles. The SMILES string of the molecule is CCc1ccc(-c2ccc(-c3noc(Cc4c[nH]c5ccccc45)n3)o2)cc1. The minimum Gasteiger partial charge on any atom is -0.453 e. The Morgan fingerprint density at radius 3 is 2.61 bits per heavy atom. The van der Waals surface area contributed by atoms with E-state index in [0.29, 0.717) is 23.9 Å². The number of nitrogens with one attached hydrogen (secondary N) is 1. The highest BCUT2D eigenvalue weighted by Gasteiger charge is 2.15. The summed E-state index contributed by atoms with van der Waals surface area (Å²) in [5.74, 6) is 2.42. The van der Waals surface area contributed by atoms with Gasteiger partial charge in [0.05, 0.1) is 6.42 Å². The predicted molar refractivity (Wildman–Crippen MR) is 108 cm³/mol. The molecule has 5 heteroatoms. The Bertz CT molecular complexity index is 1230. The molecule has 2 aromatic carbocycles. The van der Waals surface area contributed by atoms with Crippen LogP contribution in [0.4, 0.5) is 0 Å². The third kappa shape index (κ3) is 3.01. The molecule has 5 aromatic rings. The topological polar surface area (TPSA) is 67.8 Å². The van der Waals surface area contributed by atoms with E-state index in [1.54, 1.807) is 0 Å². The average molecular weight is 369 g/mol. The largest absolute Gasteiger partial charge is 0.453 e. The van der Waals surface area contributed by atoms with Gasteiger partial charge in [0.15, 0.2) is 5.76 Å². The molecule has 0 aliphatic carbocycles. The maximum Gasteiger partial charge on any atom is 0.238 e. The van der Waals surface area contributed by atoms with Crippen LogP contribution in [0.3, 0.4) is 0 Å². The van der Waals surface area contributed by atoms with Gasteiger partial charge < -0.3 is 13.9 Å². The number of aromatic nitrogens is 3. The molecular weight excluding hydrogens is 350 g/mol. The van der Waals surface area contributed by atoms with Crippen molar-refractivity contribution >= 4 is 10.9 Å². The Morgan fingerprint density at radius 1 is 0.929 bits per heavy atom. The van der Waals surface area contributed by atoms with Gasteiger partial charge in [-0.2, -0.15) is 4.98 Å². The van der Waals surface area contributed by atoms with Crippen molar-refractivity contribution in [1.82, 2.24) is 15.1 Å². The fourth-order valence-corrected chi connectivity index (χ4v) is 3.39. The summed E-state index contributed by atoms with van der Waals surface area (Å²) in [5, 5.41) is 5.26. The second-order valence-corrected chi connectivity index (χ2v) is 6.76. The van der Waals surface area contributed by atoms with E-state index in [-0.39, 0.29) is 0 Å². The summed E-state index contributed by atoms with van der Waals surface area (Å²) < 4.78 is 11.4. The van der Waals surface area contributed by atoms with Gasteiger partial charge in [0.25, 0.3) is 0 Å². The van der Waals surface area contributed by atoms with Crippen LogP contribution in [0.15, 0.2) is 75.8 Å². The van der Waals surface area contributed by atoms with Crippen molar-refractivity contribution < 1.29 is 8.94 Å². The summed E-state index contributed by atoms with van der Waals surface area (Å²) in [6.07, 6.45) is 3.58. The minimum atomic E-state index is 0.464. The number of aryl methyl sites for hydroxylation is 1. The molecule has 0 amide bonds. The van der Waals surface area contributed by atoms with Crippen LogP contribution in [0.25, 0.3) is 33.8 Å². The van der Waals surface area contributed by atoms with Crippen molar-refractivity contribution in [3.8, 4) is 22.9 Å². The summed E-state index contributed by atoms with van der Waals surface area (Å²) in [4.78, 5) is 7.78. The lowest BCUT2D eigenvalue weighted by Gasteiger charge is -1.99. The van der Waals surface area contributed by atoms with Crippen LogP contribution in [0.2, 0.25) is 0 Å². The summed E-state index contributed by atoms with van der Waals surface area (Å²) in [5.41, 5.74) is 4.56. The average Bonchev–Trinajstić information content (AvgIpc) is 3.48. The van der Waals surface area contributed by atoms with Crippen LogP contribution in [0.5, 0.6) is 0 Å². The van der Waals surface area contributed by atoms with Gasteiger partial charge in [-0.1, -0.05) is 54.5 Å². The summed E-state index contributed by atoms with van der Waals surface area (Å²) in [6.45, 7) is 2.14. The van der Waals surface area contributed by atoms with E-state index < -0.39 is 0 Å². The van der Waals surface area contributed by atoms with E-state index in [1.165, 1.54) is 5.56 Å². The zero-order valence-electron chi connectivity index (χ0n) is 15.5. The van der Waals surface area contributed by atoms with E-state index in [4.69, 9.17) is 8.94 Å². The van der Waals surface area contributed by atoms with Gasteiger partial charge in [-0.05, 0) is 35.7 Å².